The standard InChI is InChI=1S/C25H18BrN3O3S/c26-17-8-11-22-19(13-17)21-14-20(16-4-2-1-3-5-16)28-29(21)25(32-22)23(33-24(31)27-25)12-15-6-9-18(30)10-7-15/h1-13,21,30H,14H2,(H,27,31)/b23-12-. The third kappa shape index (κ3) is 3.41. The second-order valence-corrected chi connectivity index (χ2v) is 9.95. The van der Waals surface area contributed by atoms with Crippen molar-refractivity contribution in [2.45, 2.75) is 18.3 Å². The van der Waals surface area contributed by atoms with Gasteiger partial charge in [-0.2, -0.15) is 5.10 Å². The molecule has 164 valence electrons. The number of benzene rings is 3. The van der Waals surface area contributed by atoms with E-state index >= 15 is 0 Å². The first-order valence-electron chi connectivity index (χ1n) is 10.4. The van der Waals surface area contributed by atoms with Crippen molar-refractivity contribution in [2.24, 2.45) is 5.10 Å². The summed E-state index contributed by atoms with van der Waals surface area (Å²) in [4.78, 5) is 13.4. The quantitative estimate of drug-likeness (QED) is 0.444. The molecule has 6 rings (SSSR count). The lowest BCUT2D eigenvalue weighted by atomic mass is 9.95. The van der Waals surface area contributed by atoms with Crippen LogP contribution in [-0.2, 0) is 0 Å². The SMILES string of the molecule is O=C1NC2(Oc3ccc(Br)cc3C3CC(c4ccccc4)=NN32)/C(=C/c2ccc(O)cc2)S1. The van der Waals surface area contributed by atoms with Crippen LogP contribution < -0.4 is 10.1 Å². The van der Waals surface area contributed by atoms with E-state index in [0.29, 0.717) is 17.1 Å². The summed E-state index contributed by atoms with van der Waals surface area (Å²) in [7, 11) is 0. The molecule has 0 saturated carbocycles. The maximum absolute atomic E-state index is 12.7. The highest BCUT2D eigenvalue weighted by Gasteiger charge is 2.58. The average Bonchev–Trinajstić information content (AvgIpc) is 3.40. The van der Waals surface area contributed by atoms with Crippen LogP contribution in [0.1, 0.15) is 29.2 Å². The average molecular weight is 520 g/mol. The van der Waals surface area contributed by atoms with Gasteiger partial charge in [0.2, 0.25) is 0 Å². The number of rotatable bonds is 2. The Bertz CT molecular complexity index is 1330. The summed E-state index contributed by atoms with van der Waals surface area (Å²) in [5.41, 5.74) is 3.84. The molecular formula is C25H18BrN3O3S. The second kappa shape index (κ2) is 7.67. The predicted molar refractivity (Wildman–Crippen MR) is 132 cm³/mol. The Kier molecular flexibility index (Phi) is 4.74. The predicted octanol–water partition coefficient (Wildman–Crippen LogP) is 5.85. The number of phenols is 1. The molecule has 2 unspecified atom stereocenters. The third-order valence-corrected chi connectivity index (χ3v) is 7.32. The van der Waals surface area contributed by atoms with Gasteiger partial charge in [0.15, 0.2) is 0 Å². The smallest absolute Gasteiger partial charge is 0.314 e. The molecule has 3 aliphatic rings. The van der Waals surface area contributed by atoms with Crippen LogP contribution in [-0.4, -0.2) is 26.9 Å². The molecule has 6 nitrogen and oxygen atoms in total. The van der Waals surface area contributed by atoms with E-state index in [4.69, 9.17) is 9.84 Å². The highest BCUT2D eigenvalue weighted by Crippen LogP contribution is 2.53. The van der Waals surface area contributed by atoms with E-state index < -0.39 is 5.85 Å². The van der Waals surface area contributed by atoms with Crippen LogP contribution >= 0.6 is 27.7 Å². The first-order chi connectivity index (χ1) is 16.0. The van der Waals surface area contributed by atoms with Crippen LogP contribution in [0.3, 0.4) is 0 Å². The van der Waals surface area contributed by atoms with Crippen molar-refractivity contribution in [1.29, 1.82) is 0 Å². The molecule has 1 saturated heterocycles. The largest absolute Gasteiger partial charge is 0.508 e. The number of phenolic OH excluding ortho intramolecular Hbond substituents is 1. The molecule has 3 aromatic rings. The summed E-state index contributed by atoms with van der Waals surface area (Å²) in [5, 5.41) is 19.4. The van der Waals surface area contributed by atoms with Crippen LogP contribution in [0.25, 0.3) is 6.08 Å². The molecule has 33 heavy (non-hydrogen) atoms. The third-order valence-electron chi connectivity index (χ3n) is 5.93. The van der Waals surface area contributed by atoms with E-state index in [1.165, 1.54) is 0 Å². The van der Waals surface area contributed by atoms with E-state index in [9.17, 15) is 9.90 Å². The van der Waals surface area contributed by atoms with Gasteiger partial charge in [-0.1, -0.05) is 58.4 Å². The van der Waals surface area contributed by atoms with Crippen molar-refractivity contribution >= 4 is 44.7 Å². The van der Waals surface area contributed by atoms with E-state index in [0.717, 1.165) is 38.6 Å². The number of hydrogen-bond acceptors (Lipinski definition) is 6. The van der Waals surface area contributed by atoms with Gasteiger partial charge in [0.05, 0.1) is 16.7 Å². The fourth-order valence-corrected chi connectivity index (χ4v) is 5.70. The molecule has 0 radical (unpaired) electrons. The van der Waals surface area contributed by atoms with Crippen LogP contribution in [0.4, 0.5) is 4.79 Å². The highest BCUT2D eigenvalue weighted by molar-refractivity contribution is 9.10. The van der Waals surface area contributed by atoms with Gasteiger partial charge in [0.1, 0.15) is 11.5 Å². The Balaban J connectivity index is 1.52. The first kappa shape index (κ1) is 20.4. The number of amides is 1. The number of aromatic hydroxyl groups is 1. The fourth-order valence-electron chi connectivity index (χ4n) is 4.42. The van der Waals surface area contributed by atoms with Gasteiger partial charge in [0.25, 0.3) is 5.24 Å². The number of nitrogens with one attached hydrogen (secondary N) is 1. The molecule has 1 amide bonds. The summed E-state index contributed by atoms with van der Waals surface area (Å²) in [6.45, 7) is 0. The topological polar surface area (TPSA) is 74.2 Å². The maximum atomic E-state index is 12.7. The minimum absolute atomic E-state index is 0.108. The van der Waals surface area contributed by atoms with Crippen LogP contribution in [0.15, 0.2) is 87.3 Å². The normalized spacial score (nSPS) is 24.3. The number of carbonyl (C=O) groups excluding carboxylic acids is 1. The van der Waals surface area contributed by atoms with Crippen molar-refractivity contribution < 1.29 is 14.6 Å². The molecule has 1 fully saturated rings. The molecule has 0 bridgehead atoms. The zero-order valence-corrected chi connectivity index (χ0v) is 19.6. The Hall–Kier alpha value is -3.23. The number of ether oxygens (including phenoxy) is 1. The van der Waals surface area contributed by atoms with Gasteiger partial charge in [-0.05, 0) is 59.3 Å². The first-order valence-corrected chi connectivity index (χ1v) is 12.0. The second-order valence-electron chi connectivity index (χ2n) is 8.02. The molecule has 3 aromatic carbocycles. The number of halogens is 1. The minimum Gasteiger partial charge on any atom is -0.508 e. The molecule has 2 atom stereocenters. The van der Waals surface area contributed by atoms with Crippen molar-refractivity contribution in [3.8, 4) is 11.5 Å². The van der Waals surface area contributed by atoms with Crippen molar-refractivity contribution in [3.63, 3.8) is 0 Å². The van der Waals surface area contributed by atoms with Gasteiger partial charge in [-0.25, -0.2) is 5.01 Å². The number of fused-ring (bicyclic) bond motifs is 4. The summed E-state index contributed by atoms with van der Waals surface area (Å²) >= 11 is 4.67. The number of hydrazone groups is 1. The number of nitrogens with zero attached hydrogens (tertiary/aromatic N) is 2. The van der Waals surface area contributed by atoms with Crippen molar-refractivity contribution in [1.82, 2.24) is 10.3 Å². The Morgan fingerprint density at radius 2 is 1.94 bits per heavy atom. The van der Waals surface area contributed by atoms with Crippen LogP contribution in [0.2, 0.25) is 0 Å². The summed E-state index contributed by atoms with van der Waals surface area (Å²) in [6.07, 6.45) is 2.59. The highest BCUT2D eigenvalue weighted by atomic mass is 79.9. The van der Waals surface area contributed by atoms with E-state index in [-0.39, 0.29) is 17.0 Å². The van der Waals surface area contributed by atoms with Crippen LogP contribution in [0, 0.1) is 0 Å². The van der Waals surface area contributed by atoms with E-state index in [1.807, 2.05) is 53.5 Å². The number of carbonyl (C=O) groups is 1. The molecular weight excluding hydrogens is 502 g/mol. The molecule has 2 N–H and O–H groups in total. The fraction of sp³-hybridized carbons (Fsp3) is 0.120. The maximum Gasteiger partial charge on any atom is 0.314 e. The monoisotopic (exact) mass is 519 g/mol. The number of hydrogen-bond donors (Lipinski definition) is 2. The lowest BCUT2D eigenvalue weighted by molar-refractivity contribution is -0.0949. The molecule has 1 spiro atoms. The summed E-state index contributed by atoms with van der Waals surface area (Å²) in [6, 6.07) is 22.7. The van der Waals surface area contributed by atoms with E-state index in [1.54, 1.807) is 24.3 Å². The zero-order valence-electron chi connectivity index (χ0n) is 17.2. The van der Waals surface area contributed by atoms with E-state index in [2.05, 4.69) is 27.3 Å². The van der Waals surface area contributed by atoms with Crippen molar-refractivity contribution in [3.05, 3.63) is 98.9 Å². The van der Waals surface area contributed by atoms with Gasteiger partial charge >= 0.3 is 5.85 Å². The molecule has 3 heterocycles. The molecule has 0 aromatic heterocycles. The van der Waals surface area contributed by atoms with Crippen LogP contribution in [0.5, 0.6) is 11.5 Å². The van der Waals surface area contributed by atoms with Gasteiger partial charge < -0.3 is 9.84 Å². The molecule has 0 aliphatic carbocycles. The summed E-state index contributed by atoms with van der Waals surface area (Å²) in [5.74, 6) is -0.351. The van der Waals surface area contributed by atoms with Gasteiger partial charge in [-0.3, -0.25) is 10.1 Å². The van der Waals surface area contributed by atoms with Crippen molar-refractivity contribution in [2.75, 3.05) is 0 Å². The lowest BCUT2D eigenvalue weighted by Crippen LogP contribution is -2.61. The number of thioether (sulfide) groups is 1. The van der Waals surface area contributed by atoms with Gasteiger partial charge in [0, 0.05) is 16.5 Å². The molecule has 8 heteroatoms. The Morgan fingerprint density at radius 3 is 2.73 bits per heavy atom. The van der Waals surface area contributed by atoms with Gasteiger partial charge in [-0.15, -0.1) is 0 Å². The zero-order chi connectivity index (χ0) is 22.6. The lowest BCUT2D eigenvalue weighted by Gasteiger charge is -2.45. The minimum atomic E-state index is -1.25. The Labute approximate surface area is 203 Å². The Morgan fingerprint density at radius 1 is 1.15 bits per heavy atom. The summed E-state index contributed by atoms with van der Waals surface area (Å²) < 4.78 is 7.50. The molecule has 3 aliphatic heterocycles.